The largest absolute Gasteiger partial charge is 0.0651 e. The van der Waals surface area contributed by atoms with Gasteiger partial charge in [0.25, 0.3) is 0 Å². The summed E-state index contributed by atoms with van der Waals surface area (Å²) in [5, 5.41) is 0. The van der Waals surface area contributed by atoms with Crippen LogP contribution in [-0.2, 0) is 0 Å². The van der Waals surface area contributed by atoms with Gasteiger partial charge >= 0.3 is 0 Å². The summed E-state index contributed by atoms with van der Waals surface area (Å²) < 4.78 is 0. The minimum atomic E-state index is 0.758. The topological polar surface area (TPSA) is 0 Å². The van der Waals surface area contributed by atoms with Crippen molar-refractivity contribution in [1.29, 1.82) is 0 Å². The van der Waals surface area contributed by atoms with Gasteiger partial charge in [0.2, 0.25) is 0 Å². The normalized spacial score (nSPS) is 64.8. The predicted molar refractivity (Wildman–Crippen MR) is 43.8 cm³/mol. The van der Waals surface area contributed by atoms with Crippen molar-refractivity contribution < 1.29 is 0 Å². The Morgan fingerprint density at radius 2 is 1.90 bits per heavy atom. The van der Waals surface area contributed by atoms with Crippen molar-refractivity contribution in [3.05, 3.63) is 0 Å². The molecule has 58 valence electrons. The van der Waals surface area contributed by atoms with Crippen molar-refractivity contribution in [1.82, 2.24) is 0 Å². The second-order valence-corrected chi connectivity index (χ2v) is 4.82. The summed E-state index contributed by atoms with van der Waals surface area (Å²) >= 11 is 0. The highest BCUT2D eigenvalue weighted by molar-refractivity contribution is 5.24. The molecular formula is C10H18. The zero-order valence-electron chi connectivity index (χ0n) is 7.57. The highest BCUT2D eigenvalue weighted by atomic mass is 14.8. The van der Waals surface area contributed by atoms with Gasteiger partial charge in [-0.05, 0) is 29.1 Å². The van der Waals surface area contributed by atoms with Crippen molar-refractivity contribution in [2.75, 3.05) is 0 Å². The monoisotopic (exact) mass is 138 g/mol. The van der Waals surface area contributed by atoms with Crippen LogP contribution in [-0.4, -0.2) is 0 Å². The van der Waals surface area contributed by atoms with Crippen LogP contribution in [0.1, 0.15) is 40.5 Å². The van der Waals surface area contributed by atoms with E-state index in [9.17, 15) is 0 Å². The number of hydrogen-bond donors (Lipinski definition) is 0. The van der Waals surface area contributed by atoms with Gasteiger partial charge in [0.1, 0.15) is 0 Å². The summed E-state index contributed by atoms with van der Waals surface area (Å²) in [5.41, 5.74) is 1.52. The average molecular weight is 138 g/mol. The highest BCUT2D eigenvalue weighted by Gasteiger charge is 2.76. The molecule has 2 fully saturated rings. The van der Waals surface area contributed by atoms with E-state index < -0.39 is 0 Å². The van der Waals surface area contributed by atoms with Crippen molar-refractivity contribution >= 4 is 0 Å². The summed E-state index contributed by atoms with van der Waals surface area (Å²) in [5.74, 6) is 2.04. The van der Waals surface area contributed by atoms with E-state index in [4.69, 9.17) is 0 Å². The van der Waals surface area contributed by atoms with Gasteiger partial charge in [-0.1, -0.05) is 34.1 Å². The van der Waals surface area contributed by atoms with Crippen molar-refractivity contribution in [2.24, 2.45) is 22.7 Å². The van der Waals surface area contributed by atoms with Gasteiger partial charge in [0.15, 0.2) is 0 Å². The van der Waals surface area contributed by atoms with Crippen LogP contribution < -0.4 is 0 Å². The molecule has 0 spiro atoms. The third-order valence-corrected chi connectivity index (χ3v) is 4.78. The molecule has 0 radical (unpaired) electrons. The Morgan fingerprint density at radius 3 is 2.10 bits per heavy atom. The minimum absolute atomic E-state index is 0.758. The Labute approximate surface area is 64.0 Å². The maximum Gasteiger partial charge on any atom is -0.0233 e. The third-order valence-electron chi connectivity index (χ3n) is 4.78. The van der Waals surface area contributed by atoms with Crippen LogP contribution in [0.5, 0.6) is 0 Å². The molecule has 2 saturated carbocycles. The van der Waals surface area contributed by atoms with Gasteiger partial charge in [0.05, 0.1) is 0 Å². The lowest BCUT2D eigenvalue weighted by Crippen LogP contribution is -2.41. The fourth-order valence-corrected chi connectivity index (χ4v) is 3.66. The molecule has 0 bridgehead atoms. The first kappa shape index (κ1) is 6.69. The molecule has 0 heterocycles. The van der Waals surface area contributed by atoms with Gasteiger partial charge in [-0.3, -0.25) is 0 Å². The van der Waals surface area contributed by atoms with E-state index in [2.05, 4.69) is 27.7 Å². The maximum absolute atomic E-state index is 2.47. The van der Waals surface area contributed by atoms with Gasteiger partial charge in [-0.2, -0.15) is 0 Å². The average Bonchev–Trinajstić information content (AvgIpc) is 2.34. The Balaban J connectivity index is 2.17. The molecule has 0 aromatic carbocycles. The Bertz CT molecular complexity index is 173. The number of fused-ring (bicyclic) bond motifs is 1. The van der Waals surface area contributed by atoms with E-state index in [1.165, 1.54) is 12.8 Å². The quantitative estimate of drug-likeness (QED) is 0.522. The summed E-state index contributed by atoms with van der Waals surface area (Å²) in [6, 6.07) is 0. The Kier molecular flexibility index (Phi) is 0.964. The van der Waals surface area contributed by atoms with Crippen LogP contribution in [0.15, 0.2) is 0 Å². The summed E-state index contributed by atoms with van der Waals surface area (Å²) in [7, 11) is 0. The first-order chi connectivity index (χ1) is 4.56. The molecule has 0 amide bonds. The molecule has 0 aromatic rings. The molecule has 0 aromatic heterocycles. The molecule has 0 N–H and O–H groups in total. The lowest BCUT2D eigenvalue weighted by atomic mass is 9.58. The van der Waals surface area contributed by atoms with Gasteiger partial charge < -0.3 is 0 Å². The fraction of sp³-hybridized carbons (Fsp3) is 1.00. The van der Waals surface area contributed by atoms with Crippen molar-refractivity contribution in [3.8, 4) is 0 Å². The molecule has 0 heteroatoms. The molecule has 0 nitrogen and oxygen atoms in total. The van der Waals surface area contributed by atoms with E-state index in [1.807, 2.05) is 0 Å². The first-order valence-electron chi connectivity index (χ1n) is 4.56. The third kappa shape index (κ3) is 0.408. The van der Waals surface area contributed by atoms with Crippen LogP contribution >= 0.6 is 0 Å². The van der Waals surface area contributed by atoms with E-state index in [-0.39, 0.29) is 0 Å². The highest BCUT2D eigenvalue weighted by Crippen LogP contribution is 2.83. The standard InChI is InChI=1S/C10H18/c1-5-8-7(2)9(3)6-10(8,9)4/h7-8H,5-6H2,1-4H3. The predicted octanol–water partition coefficient (Wildman–Crippen LogP) is 3.08. The molecular weight excluding hydrogens is 120 g/mol. The van der Waals surface area contributed by atoms with Crippen LogP contribution in [0.25, 0.3) is 0 Å². The number of hydrogen-bond acceptors (Lipinski definition) is 0. The molecule has 4 atom stereocenters. The summed E-state index contributed by atoms with van der Waals surface area (Å²) in [6.45, 7) is 9.71. The Morgan fingerprint density at radius 1 is 1.30 bits per heavy atom. The van der Waals surface area contributed by atoms with Gasteiger partial charge in [-0.25, -0.2) is 0 Å². The smallest absolute Gasteiger partial charge is 0.0233 e. The van der Waals surface area contributed by atoms with Crippen LogP contribution in [0.4, 0.5) is 0 Å². The molecule has 2 aliphatic rings. The fourth-order valence-electron chi connectivity index (χ4n) is 3.66. The molecule has 4 unspecified atom stereocenters. The SMILES string of the molecule is CCC1C(C)C2(C)CC12C. The van der Waals surface area contributed by atoms with Crippen LogP contribution in [0.2, 0.25) is 0 Å². The summed E-state index contributed by atoms with van der Waals surface area (Å²) in [6.07, 6.45) is 2.90. The zero-order chi connectivity index (χ0) is 7.57. The van der Waals surface area contributed by atoms with Crippen molar-refractivity contribution in [2.45, 2.75) is 40.5 Å². The maximum atomic E-state index is 2.47. The zero-order valence-corrected chi connectivity index (χ0v) is 7.57. The molecule has 0 aliphatic heterocycles. The van der Waals surface area contributed by atoms with Crippen LogP contribution in [0.3, 0.4) is 0 Å². The first-order valence-corrected chi connectivity index (χ1v) is 4.56. The van der Waals surface area contributed by atoms with Crippen LogP contribution in [0, 0.1) is 22.7 Å². The molecule has 0 saturated heterocycles. The molecule has 2 aliphatic carbocycles. The number of rotatable bonds is 1. The Hall–Kier alpha value is 0. The van der Waals surface area contributed by atoms with E-state index in [0.29, 0.717) is 0 Å². The molecule has 2 rings (SSSR count). The van der Waals surface area contributed by atoms with Gasteiger partial charge in [0, 0.05) is 0 Å². The second-order valence-electron chi connectivity index (χ2n) is 4.82. The molecule has 10 heavy (non-hydrogen) atoms. The lowest BCUT2D eigenvalue weighted by Gasteiger charge is -2.46. The lowest BCUT2D eigenvalue weighted by molar-refractivity contribution is 0.0133. The minimum Gasteiger partial charge on any atom is -0.0651 e. The summed E-state index contributed by atoms with van der Waals surface area (Å²) in [4.78, 5) is 0. The van der Waals surface area contributed by atoms with Crippen molar-refractivity contribution in [3.63, 3.8) is 0 Å². The van der Waals surface area contributed by atoms with E-state index >= 15 is 0 Å². The van der Waals surface area contributed by atoms with E-state index in [1.54, 1.807) is 0 Å². The second kappa shape index (κ2) is 1.44. The van der Waals surface area contributed by atoms with E-state index in [0.717, 1.165) is 22.7 Å². The van der Waals surface area contributed by atoms with Gasteiger partial charge in [-0.15, -0.1) is 0 Å².